The summed E-state index contributed by atoms with van der Waals surface area (Å²) in [6.07, 6.45) is 2.49. The average Bonchev–Trinajstić information content (AvgIpc) is 2.69. The number of aryl methyl sites for hydroxylation is 2. The number of nitrogens with two attached hydrogens (primary N) is 1. The first kappa shape index (κ1) is 16.1. The number of thiocarbonyl (C=S) groups is 1. The van der Waals surface area contributed by atoms with Crippen LogP contribution in [0.25, 0.3) is 0 Å². The number of imidazole rings is 1. The molecule has 0 fully saturated rings. The molecule has 19 heavy (non-hydrogen) atoms. The molecule has 0 aliphatic rings. The molecule has 0 saturated carbocycles. The lowest BCUT2D eigenvalue weighted by molar-refractivity contribution is 0.543. The van der Waals surface area contributed by atoms with Crippen molar-refractivity contribution < 1.29 is 8.42 Å². The van der Waals surface area contributed by atoms with E-state index in [1.807, 2.05) is 13.8 Å². The Morgan fingerprint density at radius 2 is 2.21 bits per heavy atom. The summed E-state index contributed by atoms with van der Waals surface area (Å²) in [5.41, 5.74) is 5.45. The third-order valence-corrected chi connectivity index (χ3v) is 4.39. The van der Waals surface area contributed by atoms with Crippen molar-refractivity contribution in [2.45, 2.75) is 51.2 Å². The fourth-order valence-electron chi connectivity index (χ4n) is 1.72. The first-order valence-electron chi connectivity index (χ1n) is 6.14. The zero-order chi connectivity index (χ0) is 14.6. The molecule has 0 aromatic carbocycles. The fourth-order valence-corrected chi connectivity index (χ4v) is 3.25. The lowest BCUT2D eigenvalue weighted by atomic mass is 10.2. The van der Waals surface area contributed by atoms with Crippen LogP contribution in [0.1, 0.15) is 32.5 Å². The predicted octanol–water partition coefficient (Wildman–Crippen LogP) is 0.945. The lowest BCUT2D eigenvalue weighted by Crippen LogP contribution is -2.37. The van der Waals surface area contributed by atoms with Crippen LogP contribution in [-0.4, -0.2) is 29.0 Å². The van der Waals surface area contributed by atoms with Crippen molar-refractivity contribution in [1.29, 1.82) is 0 Å². The number of rotatable bonds is 7. The number of hydrogen-bond acceptors (Lipinski definition) is 4. The lowest BCUT2D eigenvalue weighted by Gasteiger charge is -2.15. The Balaban J connectivity index is 2.93. The summed E-state index contributed by atoms with van der Waals surface area (Å²) in [5, 5.41) is 0.0354. The number of nitrogens with one attached hydrogen (secondary N) is 1. The molecule has 0 bridgehead atoms. The van der Waals surface area contributed by atoms with Gasteiger partial charge in [0.1, 0.15) is 5.82 Å². The molecule has 0 amide bonds. The number of nitrogens with zero attached hydrogens (tertiary/aromatic N) is 2. The van der Waals surface area contributed by atoms with E-state index in [9.17, 15) is 8.42 Å². The molecule has 1 aromatic rings. The minimum Gasteiger partial charge on any atom is -0.393 e. The van der Waals surface area contributed by atoms with Crippen molar-refractivity contribution in [2.24, 2.45) is 5.73 Å². The number of hydrogen-bond donors (Lipinski definition) is 2. The average molecular weight is 304 g/mol. The molecule has 8 heteroatoms. The van der Waals surface area contributed by atoms with Gasteiger partial charge in [-0.3, -0.25) is 0 Å². The van der Waals surface area contributed by atoms with Gasteiger partial charge < -0.3 is 10.3 Å². The summed E-state index contributed by atoms with van der Waals surface area (Å²) in [7, 11) is -3.63. The highest BCUT2D eigenvalue weighted by Crippen LogP contribution is 2.11. The molecule has 1 heterocycles. The summed E-state index contributed by atoms with van der Waals surface area (Å²) in [4.78, 5) is 4.36. The van der Waals surface area contributed by atoms with Gasteiger partial charge in [-0.1, -0.05) is 19.1 Å². The molecule has 1 unspecified atom stereocenters. The zero-order valence-corrected chi connectivity index (χ0v) is 13.0. The summed E-state index contributed by atoms with van der Waals surface area (Å²) in [5.74, 6) is 0.672. The van der Waals surface area contributed by atoms with E-state index < -0.39 is 10.0 Å². The Bertz CT molecular complexity index is 551. The van der Waals surface area contributed by atoms with Crippen LogP contribution < -0.4 is 10.5 Å². The van der Waals surface area contributed by atoms with Crippen LogP contribution in [0.3, 0.4) is 0 Å². The summed E-state index contributed by atoms with van der Waals surface area (Å²) in [6, 6.07) is -0.297. The van der Waals surface area contributed by atoms with E-state index >= 15 is 0 Å². The largest absolute Gasteiger partial charge is 0.393 e. The molecule has 0 aliphatic heterocycles. The van der Waals surface area contributed by atoms with Crippen molar-refractivity contribution in [3.8, 4) is 0 Å². The van der Waals surface area contributed by atoms with Gasteiger partial charge in [-0.25, -0.2) is 18.1 Å². The third-order valence-electron chi connectivity index (χ3n) is 2.83. The molecule has 1 atom stereocenters. The molecule has 0 saturated heterocycles. The van der Waals surface area contributed by atoms with Crippen LogP contribution >= 0.6 is 12.2 Å². The minimum absolute atomic E-state index is 0.0354. The van der Waals surface area contributed by atoms with Gasteiger partial charge in [0.15, 0.2) is 5.03 Å². The van der Waals surface area contributed by atoms with Crippen molar-refractivity contribution >= 4 is 27.2 Å². The van der Waals surface area contributed by atoms with Gasteiger partial charge in [-0.05, 0) is 20.3 Å². The maximum absolute atomic E-state index is 12.2. The summed E-state index contributed by atoms with van der Waals surface area (Å²) in [6.45, 7) is 6.26. The molecular formula is C11H20N4O2S2. The quantitative estimate of drug-likeness (QED) is 0.732. The molecule has 108 valence electrons. The summed E-state index contributed by atoms with van der Waals surface area (Å²) >= 11 is 4.81. The van der Waals surface area contributed by atoms with Gasteiger partial charge in [-0.2, -0.15) is 0 Å². The Morgan fingerprint density at radius 1 is 1.58 bits per heavy atom. The van der Waals surface area contributed by atoms with Crippen molar-refractivity contribution in [3.63, 3.8) is 0 Å². The van der Waals surface area contributed by atoms with Crippen LogP contribution in [0.4, 0.5) is 0 Å². The molecule has 0 aliphatic carbocycles. The zero-order valence-electron chi connectivity index (χ0n) is 11.4. The SMILES string of the molecule is CCC(CC(N)=S)NS(=O)(=O)c1cn(CC)c(C)n1. The van der Waals surface area contributed by atoms with Gasteiger partial charge >= 0.3 is 0 Å². The highest BCUT2D eigenvalue weighted by atomic mass is 32.2. The van der Waals surface area contributed by atoms with Crippen LogP contribution in [0.2, 0.25) is 0 Å². The van der Waals surface area contributed by atoms with Crippen LogP contribution in [0, 0.1) is 6.92 Å². The van der Waals surface area contributed by atoms with E-state index in [0.717, 1.165) is 0 Å². The number of aromatic nitrogens is 2. The van der Waals surface area contributed by atoms with E-state index in [-0.39, 0.29) is 11.1 Å². The maximum atomic E-state index is 12.2. The first-order chi connectivity index (χ1) is 8.80. The van der Waals surface area contributed by atoms with Gasteiger partial charge in [0.2, 0.25) is 0 Å². The highest BCUT2D eigenvalue weighted by Gasteiger charge is 2.22. The molecule has 6 nitrogen and oxygen atoms in total. The third kappa shape index (κ3) is 4.26. The van der Waals surface area contributed by atoms with Gasteiger partial charge in [0, 0.05) is 25.2 Å². The Morgan fingerprint density at radius 3 is 2.63 bits per heavy atom. The first-order valence-corrected chi connectivity index (χ1v) is 8.03. The predicted molar refractivity (Wildman–Crippen MR) is 78.4 cm³/mol. The second-order valence-corrected chi connectivity index (χ2v) is 6.49. The molecule has 1 rings (SSSR count). The van der Waals surface area contributed by atoms with Crippen molar-refractivity contribution in [3.05, 3.63) is 12.0 Å². The standard InChI is InChI=1S/C11H20N4O2S2/c1-4-9(6-10(12)18)14-19(16,17)11-7-15(5-2)8(3)13-11/h7,9,14H,4-6H2,1-3H3,(H2,12,18). The van der Waals surface area contributed by atoms with Crippen LogP contribution in [0.15, 0.2) is 11.2 Å². The Labute approximate surface area is 119 Å². The van der Waals surface area contributed by atoms with Crippen LogP contribution in [0.5, 0.6) is 0 Å². The Hall–Kier alpha value is -0.990. The van der Waals surface area contributed by atoms with E-state index in [4.69, 9.17) is 18.0 Å². The molecule has 1 aromatic heterocycles. The maximum Gasteiger partial charge on any atom is 0.259 e. The van der Waals surface area contributed by atoms with Crippen molar-refractivity contribution in [1.82, 2.24) is 14.3 Å². The van der Waals surface area contributed by atoms with Crippen molar-refractivity contribution in [2.75, 3.05) is 0 Å². The topological polar surface area (TPSA) is 90.0 Å². The molecule has 0 spiro atoms. The second kappa shape index (κ2) is 6.44. The highest BCUT2D eigenvalue weighted by molar-refractivity contribution is 7.89. The van der Waals surface area contributed by atoms with E-state index in [0.29, 0.717) is 30.2 Å². The minimum atomic E-state index is -3.63. The van der Waals surface area contributed by atoms with E-state index in [1.165, 1.54) is 6.20 Å². The number of sulfonamides is 1. The van der Waals surface area contributed by atoms with E-state index in [1.54, 1.807) is 11.5 Å². The van der Waals surface area contributed by atoms with Gasteiger partial charge in [0.05, 0.1) is 4.99 Å². The second-order valence-electron chi connectivity index (χ2n) is 4.31. The smallest absolute Gasteiger partial charge is 0.259 e. The summed E-state index contributed by atoms with van der Waals surface area (Å²) < 4.78 is 28.8. The Kier molecular flexibility index (Phi) is 5.45. The van der Waals surface area contributed by atoms with Crippen LogP contribution in [-0.2, 0) is 16.6 Å². The van der Waals surface area contributed by atoms with E-state index in [2.05, 4.69) is 9.71 Å². The fraction of sp³-hybridized carbons (Fsp3) is 0.636. The normalized spacial score (nSPS) is 13.4. The molecular weight excluding hydrogens is 284 g/mol. The van der Waals surface area contributed by atoms with Gasteiger partial charge in [-0.15, -0.1) is 0 Å². The monoisotopic (exact) mass is 304 g/mol. The van der Waals surface area contributed by atoms with Gasteiger partial charge in [0.25, 0.3) is 10.0 Å². The molecule has 0 radical (unpaired) electrons. The molecule has 3 N–H and O–H groups in total.